The fourth-order valence-corrected chi connectivity index (χ4v) is 7.20. The molecule has 1 saturated heterocycles. The zero-order valence-corrected chi connectivity index (χ0v) is 21.2. The third-order valence-corrected chi connectivity index (χ3v) is 7.98. The summed E-state index contributed by atoms with van der Waals surface area (Å²) < 4.78 is 5.87. The van der Waals surface area contributed by atoms with Gasteiger partial charge in [-0.05, 0) is 92.7 Å². The molecule has 1 aliphatic heterocycles. The Kier molecular flexibility index (Phi) is 8.43. The Morgan fingerprint density at radius 3 is 2.38 bits per heavy atom. The van der Waals surface area contributed by atoms with E-state index >= 15 is 0 Å². The molecule has 1 aromatic rings. The number of nitrogens with one attached hydrogen (secondary N) is 1. The van der Waals surface area contributed by atoms with Gasteiger partial charge in [0.05, 0.1) is 6.61 Å². The number of ether oxygens (including phenoxy) is 1. The van der Waals surface area contributed by atoms with Gasteiger partial charge >= 0.3 is 0 Å². The van der Waals surface area contributed by atoms with Crippen molar-refractivity contribution in [2.75, 3.05) is 33.4 Å². The van der Waals surface area contributed by atoms with Crippen molar-refractivity contribution in [3.05, 3.63) is 35.9 Å². The molecule has 1 aromatic carbocycles. The summed E-state index contributed by atoms with van der Waals surface area (Å²) in [6.45, 7) is 13.4. The molecule has 1 N–H and O–H groups in total. The number of nitrogens with zero attached hydrogens (tertiary/aromatic N) is 1. The molecule has 2 aliphatic carbocycles. The van der Waals surface area contributed by atoms with Gasteiger partial charge in [0, 0.05) is 19.7 Å². The van der Waals surface area contributed by atoms with Crippen molar-refractivity contribution >= 4 is 6.41 Å². The minimum atomic E-state index is 0.339. The third kappa shape index (κ3) is 6.35. The van der Waals surface area contributed by atoms with E-state index in [1.54, 1.807) is 10.5 Å². The maximum absolute atomic E-state index is 10.3. The molecule has 180 valence electrons. The van der Waals surface area contributed by atoms with Crippen LogP contribution in [-0.2, 0) is 14.9 Å². The number of hydrogen-bond donors (Lipinski definition) is 1. The van der Waals surface area contributed by atoms with E-state index in [0.717, 1.165) is 51.5 Å². The first-order chi connectivity index (χ1) is 15.2. The Morgan fingerprint density at radius 1 is 1.06 bits per heavy atom. The Hall–Kier alpha value is -1.39. The fourth-order valence-electron chi connectivity index (χ4n) is 7.20. The van der Waals surface area contributed by atoms with Gasteiger partial charge in [0.2, 0.25) is 6.41 Å². The first kappa shape index (κ1) is 25.2. The Morgan fingerprint density at radius 2 is 1.75 bits per heavy atom. The zero-order chi connectivity index (χ0) is 23.2. The van der Waals surface area contributed by atoms with E-state index in [4.69, 9.17) is 4.74 Å². The summed E-state index contributed by atoms with van der Waals surface area (Å²) in [4.78, 5) is 12.1. The van der Waals surface area contributed by atoms with Crippen LogP contribution >= 0.6 is 0 Å². The molecule has 1 amide bonds. The molecule has 4 heteroatoms. The highest BCUT2D eigenvalue weighted by atomic mass is 16.5. The van der Waals surface area contributed by atoms with Gasteiger partial charge in [-0.3, -0.25) is 4.79 Å². The van der Waals surface area contributed by atoms with Crippen LogP contribution in [0.2, 0.25) is 0 Å². The smallest absolute Gasteiger partial charge is 0.209 e. The fraction of sp³-hybridized carbons (Fsp3) is 0.750. The zero-order valence-electron chi connectivity index (χ0n) is 21.2. The molecule has 3 atom stereocenters. The molecule has 4 nitrogen and oxygen atoms in total. The van der Waals surface area contributed by atoms with Crippen molar-refractivity contribution < 1.29 is 9.53 Å². The highest BCUT2D eigenvalue weighted by Crippen LogP contribution is 2.61. The first-order valence-electron chi connectivity index (χ1n) is 12.7. The Bertz CT molecular complexity index is 715. The lowest BCUT2D eigenvalue weighted by Crippen LogP contribution is -2.50. The van der Waals surface area contributed by atoms with Crippen molar-refractivity contribution in [1.29, 1.82) is 0 Å². The third-order valence-electron chi connectivity index (χ3n) is 7.98. The summed E-state index contributed by atoms with van der Waals surface area (Å²) >= 11 is 0. The minimum absolute atomic E-state index is 0.339. The second-order valence-corrected chi connectivity index (χ2v) is 11.8. The van der Waals surface area contributed by atoms with E-state index in [0.29, 0.717) is 22.3 Å². The molecular formula is C28H46N2O2. The van der Waals surface area contributed by atoms with E-state index in [1.165, 1.54) is 32.1 Å². The van der Waals surface area contributed by atoms with Crippen molar-refractivity contribution in [2.45, 2.75) is 84.1 Å². The topological polar surface area (TPSA) is 41.6 Å². The molecule has 32 heavy (non-hydrogen) atoms. The number of benzene rings is 1. The number of amides is 1. The molecule has 1 heterocycles. The summed E-state index contributed by atoms with van der Waals surface area (Å²) in [5.74, 6) is 0.850. The van der Waals surface area contributed by atoms with Crippen molar-refractivity contribution in [3.8, 4) is 0 Å². The monoisotopic (exact) mass is 442 g/mol. The summed E-state index contributed by atoms with van der Waals surface area (Å²) in [6, 6.07) is 11.8. The lowest BCUT2D eigenvalue weighted by molar-refractivity contribution is -0.119. The minimum Gasteiger partial charge on any atom is -0.381 e. The van der Waals surface area contributed by atoms with E-state index in [-0.39, 0.29) is 0 Å². The highest BCUT2D eigenvalue weighted by Gasteiger charge is 2.53. The maximum Gasteiger partial charge on any atom is 0.209 e. The van der Waals surface area contributed by atoms with Gasteiger partial charge in [0.1, 0.15) is 0 Å². The van der Waals surface area contributed by atoms with Crippen molar-refractivity contribution in [1.82, 2.24) is 10.2 Å². The average molecular weight is 443 g/mol. The second-order valence-electron chi connectivity index (χ2n) is 11.8. The number of piperidine rings is 1. The summed E-state index contributed by atoms with van der Waals surface area (Å²) in [7, 11) is 1.85. The predicted octanol–water partition coefficient (Wildman–Crippen LogP) is 5.41. The average Bonchev–Trinajstić information content (AvgIpc) is 2.77. The van der Waals surface area contributed by atoms with E-state index in [9.17, 15) is 4.79 Å². The molecule has 3 aliphatic rings. The largest absolute Gasteiger partial charge is 0.381 e. The van der Waals surface area contributed by atoms with Gasteiger partial charge in [-0.15, -0.1) is 0 Å². The van der Waals surface area contributed by atoms with Crippen LogP contribution < -0.4 is 5.32 Å². The Balaban J connectivity index is 0.000000243. The quantitative estimate of drug-likeness (QED) is 0.599. The molecule has 0 radical (unpaired) electrons. The summed E-state index contributed by atoms with van der Waals surface area (Å²) in [5, 5.41) is 3.25. The van der Waals surface area contributed by atoms with Crippen molar-refractivity contribution in [3.63, 3.8) is 0 Å². The molecule has 2 bridgehead atoms. The first-order valence-corrected chi connectivity index (χ1v) is 12.7. The number of rotatable bonds is 6. The molecule has 2 unspecified atom stereocenters. The van der Waals surface area contributed by atoms with Crippen LogP contribution in [0.3, 0.4) is 0 Å². The Labute approximate surface area is 196 Å². The predicted molar refractivity (Wildman–Crippen MR) is 133 cm³/mol. The van der Waals surface area contributed by atoms with Crippen LogP contribution in [0.15, 0.2) is 30.3 Å². The summed E-state index contributed by atoms with van der Waals surface area (Å²) in [5.41, 5.74) is 2.73. The van der Waals surface area contributed by atoms with E-state index in [1.807, 2.05) is 7.05 Å². The van der Waals surface area contributed by atoms with Crippen LogP contribution in [0.5, 0.6) is 0 Å². The van der Waals surface area contributed by atoms with Crippen LogP contribution in [-0.4, -0.2) is 50.7 Å². The van der Waals surface area contributed by atoms with Gasteiger partial charge in [0.25, 0.3) is 0 Å². The lowest BCUT2D eigenvalue weighted by Gasteiger charge is -2.57. The molecule has 0 aromatic heterocycles. The van der Waals surface area contributed by atoms with E-state index in [2.05, 4.69) is 63.3 Å². The van der Waals surface area contributed by atoms with E-state index < -0.39 is 0 Å². The highest BCUT2D eigenvalue weighted by molar-refractivity contribution is 5.47. The number of carbonyl (C=O) groups excluding carboxylic acids is 1. The molecule has 0 spiro atoms. The van der Waals surface area contributed by atoms with Crippen LogP contribution in [0.1, 0.15) is 78.2 Å². The van der Waals surface area contributed by atoms with Crippen LogP contribution in [0.25, 0.3) is 0 Å². The standard InChI is InChI=1S/C21H32O.C7H14N2O/c1-5-22-16-20(4)12-17-11-19(2,3)14-21(13-17,15-20)18-9-7-6-8-10-18;1-9(6-10)7-2-4-8-5-3-7/h6-10,17H,5,11-16H2,1-4H3;6-8H,2-5H2,1H3/t17?,20-,21?;/m0./s1. The lowest BCUT2D eigenvalue weighted by atomic mass is 9.48. The number of carbonyl (C=O) groups is 1. The normalized spacial score (nSPS) is 31.8. The van der Waals surface area contributed by atoms with Crippen LogP contribution in [0, 0.1) is 16.7 Å². The van der Waals surface area contributed by atoms with Gasteiger partial charge in [-0.25, -0.2) is 0 Å². The van der Waals surface area contributed by atoms with Gasteiger partial charge < -0.3 is 15.0 Å². The summed E-state index contributed by atoms with van der Waals surface area (Å²) in [6.07, 6.45) is 9.79. The van der Waals surface area contributed by atoms with Crippen LogP contribution in [0.4, 0.5) is 0 Å². The second kappa shape index (κ2) is 10.7. The number of hydrogen-bond acceptors (Lipinski definition) is 3. The SMILES string of the molecule is CCOC[C@@]1(C)CC2CC(C)(C)CC(c3ccccc3)(C2)C1.CN(C=O)C1CCNCC1. The molecule has 2 saturated carbocycles. The van der Waals surface area contributed by atoms with Gasteiger partial charge in [-0.1, -0.05) is 51.1 Å². The molecular weight excluding hydrogens is 396 g/mol. The van der Waals surface area contributed by atoms with Gasteiger partial charge in [0.15, 0.2) is 0 Å². The van der Waals surface area contributed by atoms with Gasteiger partial charge in [-0.2, -0.15) is 0 Å². The van der Waals surface area contributed by atoms with Crippen molar-refractivity contribution in [2.24, 2.45) is 16.7 Å². The number of fused-ring (bicyclic) bond motifs is 2. The molecule has 4 rings (SSSR count). The maximum atomic E-state index is 10.3. The molecule has 3 fully saturated rings.